The first-order chi connectivity index (χ1) is 15.3. The average Bonchev–Trinajstić information content (AvgIpc) is 2.84. The van der Waals surface area contributed by atoms with Crippen LogP contribution in [0.1, 0.15) is 5.69 Å². The lowest BCUT2D eigenvalue weighted by molar-refractivity contribution is 1.21. The molecule has 1 heterocycles. The molecule has 0 aliphatic heterocycles. The van der Waals surface area contributed by atoms with Crippen LogP contribution in [0, 0.1) is 0 Å². The molecule has 0 unspecified atom stereocenters. The summed E-state index contributed by atoms with van der Waals surface area (Å²) in [4.78, 5) is 5.04. The van der Waals surface area contributed by atoms with Gasteiger partial charge in [0.2, 0.25) is 0 Å². The van der Waals surface area contributed by atoms with Crippen molar-refractivity contribution in [1.82, 2.24) is 4.98 Å². The van der Waals surface area contributed by atoms with Crippen molar-refractivity contribution in [3.8, 4) is 0 Å². The Bertz CT molecular complexity index is 1210. The van der Waals surface area contributed by atoms with Crippen molar-refractivity contribution >= 4 is 45.7 Å². The van der Waals surface area contributed by atoms with Crippen molar-refractivity contribution in [2.45, 2.75) is 6.16 Å². The van der Waals surface area contributed by atoms with Crippen molar-refractivity contribution in [3.05, 3.63) is 132 Å². The third-order valence-electron chi connectivity index (χ3n) is 5.70. The smallest absolute Gasteiger partial charge is 0.118 e. The topological polar surface area (TPSA) is 12.9 Å². The van der Waals surface area contributed by atoms with Crippen molar-refractivity contribution in [3.63, 3.8) is 0 Å². The number of rotatable bonds is 5. The van der Waals surface area contributed by atoms with Gasteiger partial charge in [-0.3, -0.25) is 0 Å². The molecule has 1 nitrogen and oxygen atoms in total. The van der Waals surface area contributed by atoms with Gasteiger partial charge in [-0.05, 0) is 54.6 Å². The van der Waals surface area contributed by atoms with Crippen LogP contribution >= 0.6 is 18.9 Å². The zero-order chi connectivity index (χ0) is 21.1. The van der Waals surface area contributed by atoms with Gasteiger partial charge in [0.1, 0.15) is 29.3 Å². The number of nitrogens with zero attached hydrogens (tertiary/aromatic N) is 1. The SMILES string of the molecule is Clc1ccc2ccc(C[P+](c3ccccc3)(c3ccccc3)c3ccccc3)nc2c1. The van der Waals surface area contributed by atoms with Gasteiger partial charge in [0.25, 0.3) is 0 Å². The minimum Gasteiger partial charge on any atom is -0.249 e. The highest BCUT2D eigenvalue weighted by atomic mass is 35.5. The highest BCUT2D eigenvalue weighted by Crippen LogP contribution is 2.57. The molecule has 3 heteroatoms. The van der Waals surface area contributed by atoms with E-state index in [9.17, 15) is 0 Å². The second-order valence-electron chi connectivity index (χ2n) is 7.61. The first-order valence-electron chi connectivity index (χ1n) is 10.4. The Morgan fingerprint density at radius 3 is 1.58 bits per heavy atom. The Balaban J connectivity index is 1.76. The van der Waals surface area contributed by atoms with Gasteiger partial charge in [-0.15, -0.1) is 0 Å². The monoisotopic (exact) mass is 438 g/mol. The van der Waals surface area contributed by atoms with Crippen LogP contribution < -0.4 is 15.9 Å². The van der Waals surface area contributed by atoms with Crippen molar-refractivity contribution in [2.24, 2.45) is 0 Å². The average molecular weight is 439 g/mol. The molecule has 0 atom stereocenters. The number of hydrogen-bond donors (Lipinski definition) is 0. The summed E-state index contributed by atoms with van der Waals surface area (Å²) in [5, 5.41) is 5.91. The molecule has 0 spiro atoms. The highest BCUT2D eigenvalue weighted by Gasteiger charge is 2.45. The number of fused-ring (bicyclic) bond motifs is 1. The molecule has 0 radical (unpaired) electrons. The lowest BCUT2D eigenvalue weighted by Gasteiger charge is -2.27. The maximum atomic E-state index is 6.26. The summed E-state index contributed by atoms with van der Waals surface area (Å²) < 4.78 is 0. The summed E-state index contributed by atoms with van der Waals surface area (Å²) in [6.45, 7) is 0. The molecule has 31 heavy (non-hydrogen) atoms. The van der Waals surface area contributed by atoms with Crippen LogP contribution in [-0.2, 0) is 6.16 Å². The lowest BCUT2D eigenvalue weighted by Crippen LogP contribution is -2.32. The zero-order valence-electron chi connectivity index (χ0n) is 17.0. The third-order valence-corrected chi connectivity index (χ3v) is 10.3. The molecule has 0 saturated heterocycles. The molecule has 0 saturated carbocycles. The van der Waals surface area contributed by atoms with Crippen molar-refractivity contribution in [1.29, 1.82) is 0 Å². The molecule has 150 valence electrons. The van der Waals surface area contributed by atoms with Gasteiger partial charge in [0.05, 0.1) is 11.2 Å². The fourth-order valence-electron chi connectivity index (χ4n) is 4.23. The van der Waals surface area contributed by atoms with E-state index < -0.39 is 7.26 Å². The van der Waals surface area contributed by atoms with Gasteiger partial charge in [0.15, 0.2) is 0 Å². The van der Waals surface area contributed by atoms with Gasteiger partial charge < -0.3 is 0 Å². The zero-order valence-corrected chi connectivity index (χ0v) is 18.7. The fraction of sp³-hybridized carbons (Fsp3) is 0.0357. The molecule has 0 aliphatic rings. The van der Waals surface area contributed by atoms with Crippen LogP contribution in [-0.4, -0.2) is 4.98 Å². The first kappa shape index (κ1) is 19.9. The molecule has 1 aromatic heterocycles. The molecule has 5 rings (SSSR count). The molecule has 0 amide bonds. The Morgan fingerprint density at radius 1 is 0.581 bits per heavy atom. The van der Waals surface area contributed by atoms with E-state index in [0.29, 0.717) is 5.02 Å². The molecule has 0 N–H and O–H groups in total. The maximum Gasteiger partial charge on any atom is 0.118 e. The number of halogens is 1. The van der Waals surface area contributed by atoms with Gasteiger partial charge in [-0.25, -0.2) is 4.98 Å². The molecular weight excluding hydrogens is 417 g/mol. The van der Waals surface area contributed by atoms with E-state index in [1.54, 1.807) is 0 Å². The standard InChI is InChI=1S/C28H22ClNP/c29-23-18-16-22-17-19-24(30-28(22)20-23)21-31(25-10-4-1-5-11-25,26-12-6-2-7-13-26)27-14-8-3-9-15-27/h1-20H,21H2/q+1. The van der Waals surface area contributed by atoms with Crippen molar-refractivity contribution in [2.75, 3.05) is 0 Å². The van der Waals surface area contributed by atoms with Crippen LogP contribution in [0.5, 0.6) is 0 Å². The number of hydrogen-bond acceptors (Lipinski definition) is 1. The van der Waals surface area contributed by atoms with Crippen LogP contribution in [0.15, 0.2) is 121 Å². The van der Waals surface area contributed by atoms with Gasteiger partial charge >= 0.3 is 0 Å². The van der Waals surface area contributed by atoms with E-state index in [-0.39, 0.29) is 0 Å². The Morgan fingerprint density at radius 2 is 1.06 bits per heavy atom. The molecule has 0 bridgehead atoms. The summed E-state index contributed by atoms with van der Waals surface area (Å²) in [7, 11) is -1.96. The summed E-state index contributed by atoms with van der Waals surface area (Å²) in [5.74, 6) is 0. The van der Waals surface area contributed by atoms with Crippen LogP contribution in [0.2, 0.25) is 5.02 Å². The number of benzene rings is 4. The Labute approximate surface area is 188 Å². The van der Waals surface area contributed by atoms with E-state index in [1.807, 2.05) is 18.2 Å². The summed E-state index contributed by atoms with van der Waals surface area (Å²) in [6.07, 6.45) is 0.855. The fourth-order valence-corrected chi connectivity index (χ4v) is 8.55. The third kappa shape index (κ3) is 3.88. The van der Waals surface area contributed by atoms with Crippen LogP contribution in [0.3, 0.4) is 0 Å². The predicted molar refractivity (Wildman–Crippen MR) is 136 cm³/mol. The highest BCUT2D eigenvalue weighted by molar-refractivity contribution is 7.95. The minimum absolute atomic E-state index is 0.715. The molecular formula is C28H22ClNP+. The molecule has 5 aromatic rings. The lowest BCUT2D eigenvalue weighted by atomic mass is 10.2. The van der Waals surface area contributed by atoms with Gasteiger partial charge in [-0.1, -0.05) is 78.3 Å². The van der Waals surface area contributed by atoms with Gasteiger partial charge in [-0.2, -0.15) is 0 Å². The van der Waals surface area contributed by atoms with Crippen LogP contribution in [0.25, 0.3) is 10.9 Å². The number of aromatic nitrogens is 1. The van der Waals surface area contributed by atoms with Crippen LogP contribution in [0.4, 0.5) is 0 Å². The summed E-state index contributed by atoms with van der Waals surface area (Å²) in [5.41, 5.74) is 2.02. The first-order valence-corrected chi connectivity index (χ1v) is 12.7. The minimum atomic E-state index is -1.96. The second kappa shape index (κ2) is 8.63. The van der Waals surface area contributed by atoms with E-state index in [0.717, 1.165) is 22.8 Å². The van der Waals surface area contributed by atoms with E-state index in [2.05, 4.69) is 103 Å². The van der Waals surface area contributed by atoms with Crippen molar-refractivity contribution < 1.29 is 0 Å². The second-order valence-corrected chi connectivity index (χ2v) is 11.5. The maximum absolute atomic E-state index is 6.26. The van der Waals surface area contributed by atoms with E-state index in [1.165, 1.54) is 15.9 Å². The normalized spacial score (nSPS) is 11.5. The summed E-state index contributed by atoms with van der Waals surface area (Å²) in [6, 6.07) is 43.0. The Kier molecular flexibility index (Phi) is 5.55. The molecule has 0 aliphatic carbocycles. The van der Waals surface area contributed by atoms with E-state index in [4.69, 9.17) is 16.6 Å². The summed E-state index contributed by atoms with van der Waals surface area (Å²) >= 11 is 6.26. The molecule has 0 fully saturated rings. The quantitative estimate of drug-likeness (QED) is 0.290. The Hall–Kier alpha value is -2.99. The molecule has 4 aromatic carbocycles. The van der Waals surface area contributed by atoms with Gasteiger partial charge in [0, 0.05) is 10.4 Å². The predicted octanol–water partition coefficient (Wildman–Crippen LogP) is 6.38. The number of pyridine rings is 1. The van der Waals surface area contributed by atoms with E-state index >= 15 is 0 Å². The largest absolute Gasteiger partial charge is 0.249 e.